The van der Waals surface area contributed by atoms with Crippen molar-refractivity contribution < 1.29 is 24.2 Å². The van der Waals surface area contributed by atoms with Gasteiger partial charge in [0.25, 0.3) is 0 Å². The second-order valence-electron chi connectivity index (χ2n) is 9.72. The molecule has 1 aliphatic heterocycles. The fraction of sp³-hybridized carbons (Fsp3) is 0.481. The van der Waals surface area contributed by atoms with Crippen LogP contribution in [0.1, 0.15) is 44.2 Å². The SMILES string of the molecule is CC(C)(C)OC(=O)[C@]1(CCO)CNC([C@H](C=O)c2ccccc2)[C@@H]1COCc1ccccc1. The molecule has 0 aliphatic carbocycles. The minimum absolute atomic E-state index is 0.167. The highest BCUT2D eigenvalue weighted by atomic mass is 16.6. The molecule has 1 unspecified atom stereocenters. The first-order chi connectivity index (χ1) is 15.8. The molecule has 1 heterocycles. The first kappa shape index (κ1) is 25.1. The van der Waals surface area contributed by atoms with Crippen LogP contribution >= 0.6 is 0 Å². The number of rotatable bonds is 10. The highest BCUT2D eigenvalue weighted by molar-refractivity contribution is 5.79. The molecule has 1 aliphatic rings. The van der Waals surface area contributed by atoms with Gasteiger partial charge in [-0.3, -0.25) is 4.79 Å². The standard InChI is InChI=1S/C27H35NO5/c1-26(2,3)33-25(31)27(14-15-29)19-28-24(22(16-30)21-12-8-5-9-13-21)23(27)18-32-17-20-10-6-4-7-11-20/h4-13,16,22-24,28-29H,14-15,17-19H2,1-3H3/t22-,23+,24?,27-/m1/s1. The molecule has 0 spiro atoms. The Labute approximate surface area is 196 Å². The number of aliphatic hydroxyl groups excluding tert-OH is 1. The Morgan fingerprint density at radius 1 is 1.15 bits per heavy atom. The largest absolute Gasteiger partial charge is 0.459 e. The number of carbonyl (C=O) groups is 2. The van der Waals surface area contributed by atoms with Crippen LogP contribution in [0.25, 0.3) is 0 Å². The molecule has 1 saturated heterocycles. The Balaban J connectivity index is 1.92. The number of aldehydes is 1. The lowest BCUT2D eigenvalue weighted by Crippen LogP contribution is -2.47. The molecule has 0 aromatic heterocycles. The lowest BCUT2D eigenvalue weighted by atomic mass is 9.70. The summed E-state index contributed by atoms with van der Waals surface area (Å²) in [5.41, 5.74) is 0.234. The third kappa shape index (κ3) is 6.08. The van der Waals surface area contributed by atoms with Crippen LogP contribution in [0.2, 0.25) is 0 Å². The molecule has 6 heteroatoms. The quantitative estimate of drug-likeness (QED) is 0.423. The predicted octanol–water partition coefficient (Wildman–Crippen LogP) is 3.48. The van der Waals surface area contributed by atoms with E-state index in [-0.39, 0.29) is 37.6 Å². The number of carbonyl (C=O) groups excluding carboxylic acids is 2. The van der Waals surface area contributed by atoms with E-state index in [4.69, 9.17) is 9.47 Å². The fourth-order valence-electron chi connectivity index (χ4n) is 4.66. The zero-order chi connectivity index (χ0) is 23.9. The van der Waals surface area contributed by atoms with Crippen molar-refractivity contribution in [3.05, 3.63) is 71.8 Å². The zero-order valence-corrected chi connectivity index (χ0v) is 19.7. The average molecular weight is 454 g/mol. The van der Waals surface area contributed by atoms with Crippen molar-refractivity contribution in [3.8, 4) is 0 Å². The van der Waals surface area contributed by atoms with Crippen molar-refractivity contribution in [2.45, 2.75) is 51.4 Å². The maximum atomic E-state index is 13.5. The van der Waals surface area contributed by atoms with Gasteiger partial charge in [0.15, 0.2) is 0 Å². The Morgan fingerprint density at radius 2 is 1.79 bits per heavy atom. The molecule has 2 aromatic rings. The summed E-state index contributed by atoms with van der Waals surface area (Å²) in [6, 6.07) is 19.0. The van der Waals surface area contributed by atoms with E-state index in [1.54, 1.807) is 0 Å². The molecule has 178 valence electrons. The first-order valence-corrected chi connectivity index (χ1v) is 11.5. The van der Waals surface area contributed by atoms with E-state index in [9.17, 15) is 14.7 Å². The number of aliphatic hydroxyl groups is 1. The summed E-state index contributed by atoms with van der Waals surface area (Å²) < 4.78 is 11.9. The summed E-state index contributed by atoms with van der Waals surface area (Å²) in [7, 11) is 0. The molecule has 2 aromatic carbocycles. The molecule has 4 atom stereocenters. The van der Waals surface area contributed by atoms with Gasteiger partial charge in [0, 0.05) is 25.1 Å². The van der Waals surface area contributed by atoms with Crippen LogP contribution in [-0.2, 0) is 25.7 Å². The molecule has 0 bridgehead atoms. The normalized spacial score (nSPS) is 23.8. The van der Waals surface area contributed by atoms with Gasteiger partial charge < -0.3 is 24.7 Å². The van der Waals surface area contributed by atoms with Gasteiger partial charge in [-0.25, -0.2) is 0 Å². The van der Waals surface area contributed by atoms with Crippen LogP contribution in [0.3, 0.4) is 0 Å². The second-order valence-corrected chi connectivity index (χ2v) is 9.72. The van der Waals surface area contributed by atoms with Crippen molar-refractivity contribution in [1.82, 2.24) is 5.32 Å². The van der Waals surface area contributed by atoms with Gasteiger partial charge in [-0.15, -0.1) is 0 Å². The lowest BCUT2D eigenvalue weighted by molar-refractivity contribution is -0.172. The minimum Gasteiger partial charge on any atom is -0.459 e. The molecule has 3 rings (SSSR count). The molecule has 0 radical (unpaired) electrons. The van der Waals surface area contributed by atoms with Crippen LogP contribution < -0.4 is 5.32 Å². The summed E-state index contributed by atoms with van der Waals surface area (Å²) in [5, 5.41) is 13.3. The highest BCUT2D eigenvalue weighted by Gasteiger charge is 2.56. The van der Waals surface area contributed by atoms with E-state index in [0.29, 0.717) is 13.2 Å². The molecule has 0 saturated carbocycles. The van der Waals surface area contributed by atoms with Crippen LogP contribution in [0.4, 0.5) is 0 Å². The van der Waals surface area contributed by atoms with Crippen LogP contribution in [-0.4, -0.2) is 48.8 Å². The maximum Gasteiger partial charge on any atom is 0.314 e. The minimum atomic E-state index is -1.00. The Morgan fingerprint density at radius 3 is 2.36 bits per heavy atom. The average Bonchev–Trinajstić information content (AvgIpc) is 3.14. The van der Waals surface area contributed by atoms with Crippen molar-refractivity contribution in [2.75, 3.05) is 19.8 Å². The van der Waals surface area contributed by atoms with E-state index in [1.165, 1.54) is 0 Å². The third-order valence-electron chi connectivity index (χ3n) is 6.29. The molecule has 0 amide bonds. The van der Waals surface area contributed by atoms with Crippen LogP contribution in [0.5, 0.6) is 0 Å². The Hall–Kier alpha value is -2.54. The van der Waals surface area contributed by atoms with Crippen molar-refractivity contribution in [3.63, 3.8) is 0 Å². The van der Waals surface area contributed by atoms with E-state index < -0.39 is 16.9 Å². The van der Waals surface area contributed by atoms with Gasteiger partial charge in [-0.2, -0.15) is 0 Å². The summed E-state index contributed by atoms with van der Waals surface area (Å²) in [5.74, 6) is -1.19. The lowest BCUT2D eigenvalue weighted by Gasteiger charge is -2.37. The van der Waals surface area contributed by atoms with Gasteiger partial charge >= 0.3 is 5.97 Å². The number of ether oxygens (including phenoxy) is 2. The summed E-state index contributed by atoms with van der Waals surface area (Å²) >= 11 is 0. The number of benzene rings is 2. The van der Waals surface area contributed by atoms with E-state index in [2.05, 4.69) is 5.32 Å². The molecule has 6 nitrogen and oxygen atoms in total. The van der Waals surface area contributed by atoms with Gasteiger partial charge in [0.2, 0.25) is 0 Å². The second kappa shape index (κ2) is 11.1. The number of hydrogen-bond donors (Lipinski definition) is 2. The molecule has 33 heavy (non-hydrogen) atoms. The maximum absolute atomic E-state index is 13.5. The Kier molecular flexibility index (Phi) is 8.40. The van der Waals surface area contributed by atoms with Gasteiger partial charge in [0.1, 0.15) is 11.9 Å². The molecule has 1 fully saturated rings. The van der Waals surface area contributed by atoms with Crippen molar-refractivity contribution in [2.24, 2.45) is 11.3 Å². The topological polar surface area (TPSA) is 84.9 Å². The van der Waals surface area contributed by atoms with Gasteiger partial charge in [0.05, 0.1) is 24.5 Å². The monoisotopic (exact) mass is 453 g/mol. The number of nitrogens with one attached hydrogen (secondary N) is 1. The highest BCUT2D eigenvalue weighted by Crippen LogP contribution is 2.44. The van der Waals surface area contributed by atoms with Crippen molar-refractivity contribution in [1.29, 1.82) is 0 Å². The predicted molar refractivity (Wildman–Crippen MR) is 127 cm³/mol. The van der Waals surface area contributed by atoms with Gasteiger partial charge in [-0.1, -0.05) is 60.7 Å². The van der Waals surface area contributed by atoms with E-state index in [1.807, 2.05) is 81.4 Å². The summed E-state index contributed by atoms with van der Waals surface area (Å²) in [4.78, 5) is 25.7. The smallest absolute Gasteiger partial charge is 0.314 e. The fourth-order valence-corrected chi connectivity index (χ4v) is 4.66. The van der Waals surface area contributed by atoms with E-state index in [0.717, 1.165) is 17.4 Å². The third-order valence-corrected chi connectivity index (χ3v) is 6.29. The van der Waals surface area contributed by atoms with E-state index >= 15 is 0 Å². The van der Waals surface area contributed by atoms with Gasteiger partial charge in [-0.05, 0) is 38.3 Å². The molecular weight excluding hydrogens is 418 g/mol. The molecular formula is C27H35NO5. The molecule has 2 N–H and O–H groups in total. The number of hydrogen-bond acceptors (Lipinski definition) is 6. The first-order valence-electron chi connectivity index (χ1n) is 11.5. The Bertz CT molecular complexity index is 896. The van der Waals surface area contributed by atoms with Crippen molar-refractivity contribution >= 4 is 12.3 Å². The van der Waals surface area contributed by atoms with Crippen LogP contribution in [0.15, 0.2) is 60.7 Å². The number of esters is 1. The summed E-state index contributed by atoms with van der Waals surface area (Å²) in [6.07, 6.45) is 1.16. The van der Waals surface area contributed by atoms with Crippen LogP contribution in [0, 0.1) is 11.3 Å². The zero-order valence-electron chi connectivity index (χ0n) is 19.7. The summed E-state index contributed by atoms with van der Waals surface area (Å²) in [6.45, 7) is 6.28.